The largest absolute Gasteiger partial charge is 0.481 e. The molecule has 0 unspecified atom stereocenters. The van der Waals surface area contributed by atoms with E-state index in [1.54, 1.807) is 25.8 Å². The average Bonchev–Trinajstić information content (AvgIpc) is 2.79. The summed E-state index contributed by atoms with van der Waals surface area (Å²) in [6.45, 7) is 1.98. The molecule has 3 heterocycles. The van der Waals surface area contributed by atoms with E-state index in [0.717, 1.165) is 16.6 Å². The Morgan fingerprint density at radius 3 is 2.74 bits per heavy atom. The fraction of sp³-hybridized carbons (Fsp3) is 0.231. The second-order valence-corrected chi connectivity index (χ2v) is 4.30. The van der Waals surface area contributed by atoms with Crippen LogP contribution in [-0.2, 0) is 7.05 Å². The Kier molecular flexibility index (Phi) is 2.63. The average molecular weight is 255 g/mol. The van der Waals surface area contributed by atoms with E-state index in [9.17, 15) is 0 Å². The molecule has 0 aliphatic carbocycles. The summed E-state index contributed by atoms with van der Waals surface area (Å²) in [6, 6.07) is 1.86. The van der Waals surface area contributed by atoms with Gasteiger partial charge in [-0.15, -0.1) is 0 Å². The van der Waals surface area contributed by atoms with Gasteiger partial charge in [-0.2, -0.15) is 0 Å². The normalized spacial score (nSPS) is 10.9. The van der Waals surface area contributed by atoms with Gasteiger partial charge in [0.2, 0.25) is 5.88 Å². The summed E-state index contributed by atoms with van der Waals surface area (Å²) in [5, 5.41) is 0. The fourth-order valence-corrected chi connectivity index (χ4v) is 1.92. The van der Waals surface area contributed by atoms with Crippen molar-refractivity contribution in [3.05, 3.63) is 30.4 Å². The minimum Gasteiger partial charge on any atom is -0.481 e. The highest BCUT2D eigenvalue weighted by molar-refractivity contribution is 5.73. The van der Waals surface area contributed by atoms with Crippen LogP contribution in [0.2, 0.25) is 0 Å². The van der Waals surface area contributed by atoms with Crippen LogP contribution in [0.15, 0.2) is 24.8 Å². The minimum atomic E-state index is 0.583. The van der Waals surface area contributed by atoms with Crippen LogP contribution in [0, 0.1) is 6.92 Å². The lowest BCUT2D eigenvalue weighted by Gasteiger charge is -2.05. The van der Waals surface area contributed by atoms with E-state index in [1.165, 1.54) is 0 Å². The first-order valence-electron chi connectivity index (χ1n) is 5.84. The molecule has 0 radical (unpaired) electrons. The molecular weight excluding hydrogens is 242 g/mol. The number of hydrogen-bond donors (Lipinski definition) is 0. The van der Waals surface area contributed by atoms with Gasteiger partial charge >= 0.3 is 0 Å². The van der Waals surface area contributed by atoms with Gasteiger partial charge in [0, 0.05) is 24.9 Å². The van der Waals surface area contributed by atoms with Gasteiger partial charge in [-0.25, -0.2) is 19.9 Å². The number of hydrogen-bond acceptors (Lipinski definition) is 5. The highest BCUT2D eigenvalue weighted by atomic mass is 16.5. The van der Waals surface area contributed by atoms with Crippen molar-refractivity contribution in [2.24, 2.45) is 7.05 Å². The zero-order valence-electron chi connectivity index (χ0n) is 11.0. The molecular formula is C13H13N5O. The summed E-state index contributed by atoms with van der Waals surface area (Å²) in [5.74, 6) is 1.21. The van der Waals surface area contributed by atoms with Crippen molar-refractivity contribution in [2.75, 3.05) is 7.11 Å². The van der Waals surface area contributed by atoms with Crippen molar-refractivity contribution in [1.82, 2.24) is 24.5 Å². The van der Waals surface area contributed by atoms with Crippen LogP contribution < -0.4 is 4.74 Å². The lowest BCUT2D eigenvalue weighted by atomic mass is 10.1. The molecule has 0 bridgehead atoms. The van der Waals surface area contributed by atoms with Gasteiger partial charge in [-0.05, 0) is 12.5 Å². The first-order valence-corrected chi connectivity index (χ1v) is 5.84. The molecule has 6 heteroatoms. The molecule has 96 valence electrons. The molecule has 3 aromatic heterocycles. The van der Waals surface area contributed by atoms with E-state index >= 15 is 0 Å². The molecule has 0 atom stereocenters. The summed E-state index contributed by atoms with van der Waals surface area (Å²) in [6.07, 6.45) is 5.22. The molecule has 0 saturated heterocycles. The molecule has 0 aliphatic rings. The standard InChI is InChI=1S/C13H13N5O/c1-8-4-11(19-3)14-5-9(8)12-15-6-10-13(17-12)16-7-18(10)2/h4-7H,1-3H3. The maximum atomic E-state index is 5.09. The molecule has 6 nitrogen and oxygen atoms in total. The van der Waals surface area contributed by atoms with Crippen LogP contribution in [-0.4, -0.2) is 31.6 Å². The Bertz CT molecular complexity index is 750. The Labute approximate surface area is 110 Å². The number of aryl methyl sites for hydroxylation is 2. The van der Waals surface area contributed by atoms with Crippen molar-refractivity contribution in [2.45, 2.75) is 6.92 Å². The minimum absolute atomic E-state index is 0.583. The molecule has 0 N–H and O–H groups in total. The highest BCUT2D eigenvalue weighted by Gasteiger charge is 2.10. The Morgan fingerprint density at radius 2 is 2.00 bits per heavy atom. The first kappa shape index (κ1) is 11.6. The predicted molar refractivity (Wildman–Crippen MR) is 70.8 cm³/mol. The SMILES string of the molecule is COc1cc(C)c(-c2ncc3c(ncn3C)n2)cn1. The van der Waals surface area contributed by atoms with Crippen molar-refractivity contribution in [3.63, 3.8) is 0 Å². The first-order chi connectivity index (χ1) is 9.19. The molecule has 3 rings (SSSR count). The third-order valence-corrected chi connectivity index (χ3v) is 3.02. The number of rotatable bonds is 2. The summed E-state index contributed by atoms with van der Waals surface area (Å²) in [4.78, 5) is 17.3. The molecule has 0 amide bonds. The van der Waals surface area contributed by atoms with E-state index in [1.807, 2.05) is 24.6 Å². The third kappa shape index (κ3) is 1.91. The highest BCUT2D eigenvalue weighted by Crippen LogP contribution is 2.22. The van der Waals surface area contributed by atoms with Gasteiger partial charge in [0.25, 0.3) is 0 Å². The van der Waals surface area contributed by atoms with Gasteiger partial charge in [-0.3, -0.25) is 0 Å². The molecule has 0 aromatic carbocycles. The van der Waals surface area contributed by atoms with Crippen LogP contribution in [0.3, 0.4) is 0 Å². The molecule has 3 aromatic rings. The quantitative estimate of drug-likeness (QED) is 0.697. The number of methoxy groups -OCH3 is 1. The number of ether oxygens (including phenoxy) is 1. The van der Waals surface area contributed by atoms with Crippen LogP contribution in [0.5, 0.6) is 5.88 Å². The summed E-state index contributed by atoms with van der Waals surface area (Å²) < 4.78 is 6.98. The number of aromatic nitrogens is 5. The van der Waals surface area contributed by atoms with Crippen molar-refractivity contribution in [1.29, 1.82) is 0 Å². The molecule has 0 aliphatic heterocycles. The maximum absolute atomic E-state index is 5.09. The van der Waals surface area contributed by atoms with E-state index in [0.29, 0.717) is 17.4 Å². The van der Waals surface area contributed by atoms with E-state index in [-0.39, 0.29) is 0 Å². The van der Waals surface area contributed by atoms with Crippen LogP contribution >= 0.6 is 0 Å². The van der Waals surface area contributed by atoms with Gasteiger partial charge < -0.3 is 9.30 Å². The number of imidazole rings is 1. The third-order valence-electron chi connectivity index (χ3n) is 3.02. The van der Waals surface area contributed by atoms with Crippen LogP contribution in [0.4, 0.5) is 0 Å². The molecule has 0 saturated carbocycles. The number of nitrogens with zero attached hydrogens (tertiary/aromatic N) is 5. The summed E-state index contributed by atoms with van der Waals surface area (Å²) in [5.41, 5.74) is 3.49. The fourth-order valence-electron chi connectivity index (χ4n) is 1.92. The topological polar surface area (TPSA) is 65.7 Å². The Balaban J connectivity index is 2.13. The van der Waals surface area contributed by atoms with Gasteiger partial charge in [0.1, 0.15) is 5.52 Å². The van der Waals surface area contributed by atoms with Crippen molar-refractivity contribution in [3.8, 4) is 17.3 Å². The zero-order chi connectivity index (χ0) is 13.4. The van der Waals surface area contributed by atoms with Crippen LogP contribution in [0.1, 0.15) is 5.56 Å². The molecule has 0 fully saturated rings. The maximum Gasteiger partial charge on any atom is 0.213 e. The van der Waals surface area contributed by atoms with E-state index in [2.05, 4.69) is 19.9 Å². The van der Waals surface area contributed by atoms with E-state index in [4.69, 9.17) is 4.74 Å². The Hall–Kier alpha value is -2.50. The number of fused-ring (bicyclic) bond motifs is 1. The van der Waals surface area contributed by atoms with Gasteiger partial charge in [-0.1, -0.05) is 0 Å². The summed E-state index contributed by atoms with van der Waals surface area (Å²) in [7, 11) is 3.51. The molecule has 0 spiro atoms. The second kappa shape index (κ2) is 4.31. The zero-order valence-corrected chi connectivity index (χ0v) is 11.0. The van der Waals surface area contributed by atoms with Crippen molar-refractivity contribution >= 4 is 11.2 Å². The molecule has 19 heavy (non-hydrogen) atoms. The van der Waals surface area contributed by atoms with Crippen molar-refractivity contribution < 1.29 is 4.74 Å². The lowest BCUT2D eigenvalue weighted by molar-refractivity contribution is 0.397. The van der Waals surface area contributed by atoms with Gasteiger partial charge in [0.05, 0.1) is 19.6 Å². The Morgan fingerprint density at radius 1 is 1.16 bits per heavy atom. The second-order valence-electron chi connectivity index (χ2n) is 4.30. The van der Waals surface area contributed by atoms with Gasteiger partial charge in [0.15, 0.2) is 11.5 Å². The monoisotopic (exact) mass is 255 g/mol. The van der Waals surface area contributed by atoms with Crippen LogP contribution in [0.25, 0.3) is 22.6 Å². The lowest BCUT2D eigenvalue weighted by Crippen LogP contribution is -1.96. The number of pyridine rings is 1. The van der Waals surface area contributed by atoms with E-state index < -0.39 is 0 Å². The smallest absolute Gasteiger partial charge is 0.213 e. The predicted octanol–water partition coefficient (Wildman–Crippen LogP) is 1.74. The summed E-state index contributed by atoms with van der Waals surface area (Å²) >= 11 is 0.